The van der Waals surface area contributed by atoms with Crippen LogP contribution >= 0.6 is 35.8 Å². The summed E-state index contributed by atoms with van der Waals surface area (Å²) in [5.41, 5.74) is 6.50. The van der Waals surface area contributed by atoms with Crippen LogP contribution < -0.4 is 5.73 Å². The number of rotatable bonds is 4. The number of hydrogen-bond acceptors (Lipinski definition) is 4. The monoisotopic (exact) mass is 351 g/mol. The molecule has 0 radical (unpaired) electrons. The highest BCUT2D eigenvalue weighted by atomic mass is 35.5. The Bertz CT molecular complexity index is 608. The van der Waals surface area contributed by atoms with Crippen molar-refractivity contribution in [3.63, 3.8) is 0 Å². The minimum Gasteiger partial charge on any atom is -0.329 e. The first-order valence-electron chi connectivity index (χ1n) is 5.77. The smallest absolute Gasteiger partial charge is 0.152 e. The third-order valence-corrected chi connectivity index (χ3v) is 3.69. The van der Waals surface area contributed by atoms with E-state index in [1.807, 2.05) is 6.26 Å². The third-order valence-electron chi connectivity index (χ3n) is 2.80. The van der Waals surface area contributed by atoms with Gasteiger partial charge in [-0.1, -0.05) is 11.6 Å². The van der Waals surface area contributed by atoms with Crippen molar-refractivity contribution < 1.29 is 8.78 Å². The molecule has 0 fully saturated rings. The molecule has 0 amide bonds. The summed E-state index contributed by atoms with van der Waals surface area (Å²) in [5.74, 6) is -1.83. The molecule has 0 bridgehead atoms. The molecule has 0 saturated heterocycles. The first-order valence-corrected chi connectivity index (χ1v) is 7.38. The van der Waals surface area contributed by atoms with E-state index >= 15 is 0 Å². The van der Waals surface area contributed by atoms with Crippen molar-refractivity contribution in [2.45, 2.75) is 10.9 Å². The van der Waals surface area contributed by atoms with Crippen LogP contribution in [0.2, 0.25) is 5.15 Å². The Morgan fingerprint density at radius 2 is 1.90 bits per heavy atom. The molecule has 114 valence electrons. The van der Waals surface area contributed by atoms with Crippen molar-refractivity contribution in [1.29, 1.82) is 0 Å². The molecule has 0 aliphatic rings. The molecule has 0 spiro atoms. The Morgan fingerprint density at radius 3 is 2.38 bits per heavy atom. The van der Waals surface area contributed by atoms with Crippen LogP contribution in [0.5, 0.6) is 0 Å². The van der Waals surface area contributed by atoms with E-state index in [9.17, 15) is 8.78 Å². The number of thioether (sulfide) groups is 1. The molecule has 1 heterocycles. The Labute approximate surface area is 136 Å². The van der Waals surface area contributed by atoms with Crippen LogP contribution in [0.3, 0.4) is 0 Å². The minimum atomic E-state index is -0.664. The standard InChI is InChI=1S/C13H12ClF2N3S.ClH/c1-20-11-6-18-12(13(14)19-11)10(5-17)7-2-8(15)4-9(16)3-7;/h2-4,6,10H,5,17H2,1H3;1H/t10-;/m1./s1. The summed E-state index contributed by atoms with van der Waals surface area (Å²) in [5, 5.41) is 0.858. The van der Waals surface area contributed by atoms with Gasteiger partial charge in [-0.3, -0.25) is 4.98 Å². The lowest BCUT2D eigenvalue weighted by atomic mass is 9.96. The van der Waals surface area contributed by atoms with Crippen LogP contribution in [-0.4, -0.2) is 22.8 Å². The maximum Gasteiger partial charge on any atom is 0.152 e. The van der Waals surface area contributed by atoms with E-state index in [4.69, 9.17) is 17.3 Å². The number of halogens is 4. The Morgan fingerprint density at radius 1 is 1.29 bits per heavy atom. The van der Waals surface area contributed by atoms with Gasteiger partial charge in [0.1, 0.15) is 16.7 Å². The van der Waals surface area contributed by atoms with Gasteiger partial charge in [0.25, 0.3) is 0 Å². The molecule has 2 rings (SSSR count). The fourth-order valence-electron chi connectivity index (χ4n) is 1.87. The van der Waals surface area contributed by atoms with E-state index < -0.39 is 17.6 Å². The Balaban J connectivity index is 0.00000220. The molecule has 2 aromatic rings. The predicted molar refractivity (Wildman–Crippen MR) is 83.3 cm³/mol. The number of nitrogens with zero attached hydrogens (tertiary/aromatic N) is 2. The molecule has 2 N–H and O–H groups in total. The van der Waals surface area contributed by atoms with Gasteiger partial charge in [-0.2, -0.15) is 0 Å². The van der Waals surface area contributed by atoms with Gasteiger partial charge in [0, 0.05) is 18.5 Å². The summed E-state index contributed by atoms with van der Waals surface area (Å²) < 4.78 is 26.6. The molecule has 3 nitrogen and oxygen atoms in total. The maximum absolute atomic E-state index is 13.3. The predicted octanol–water partition coefficient (Wildman–Crippen LogP) is 3.64. The third kappa shape index (κ3) is 4.26. The fourth-order valence-corrected chi connectivity index (χ4v) is 2.54. The summed E-state index contributed by atoms with van der Waals surface area (Å²) in [6.45, 7) is 0.121. The van der Waals surface area contributed by atoms with Gasteiger partial charge < -0.3 is 5.73 Å². The largest absolute Gasteiger partial charge is 0.329 e. The van der Waals surface area contributed by atoms with Gasteiger partial charge in [-0.05, 0) is 24.0 Å². The zero-order valence-corrected chi connectivity index (χ0v) is 13.4. The minimum absolute atomic E-state index is 0. The molecule has 1 aromatic heterocycles. The number of aromatic nitrogens is 2. The van der Waals surface area contributed by atoms with Gasteiger partial charge in [-0.25, -0.2) is 13.8 Å². The van der Waals surface area contributed by atoms with Crippen LogP contribution in [0.1, 0.15) is 17.2 Å². The Kier molecular flexibility index (Phi) is 6.80. The number of hydrogen-bond donors (Lipinski definition) is 1. The second-order valence-corrected chi connectivity index (χ2v) is 5.26. The van der Waals surface area contributed by atoms with Crippen molar-refractivity contribution >= 4 is 35.8 Å². The molecular weight excluding hydrogens is 339 g/mol. The molecule has 21 heavy (non-hydrogen) atoms. The summed E-state index contributed by atoms with van der Waals surface area (Å²) in [6.07, 6.45) is 3.41. The highest BCUT2D eigenvalue weighted by molar-refractivity contribution is 7.98. The quantitative estimate of drug-likeness (QED) is 0.854. The zero-order valence-electron chi connectivity index (χ0n) is 11.0. The molecule has 1 atom stereocenters. The first kappa shape index (κ1) is 18.1. The van der Waals surface area contributed by atoms with Crippen LogP contribution in [0.4, 0.5) is 8.78 Å². The van der Waals surface area contributed by atoms with E-state index in [2.05, 4.69) is 9.97 Å². The van der Waals surface area contributed by atoms with E-state index in [1.165, 1.54) is 23.9 Å². The first-order chi connectivity index (χ1) is 9.55. The number of nitrogens with two attached hydrogens (primary N) is 1. The SMILES string of the molecule is CSc1cnc([C@H](CN)c2cc(F)cc(F)c2)c(Cl)n1.Cl. The van der Waals surface area contributed by atoms with Crippen molar-refractivity contribution in [3.8, 4) is 0 Å². The average molecular weight is 352 g/mol. The lowest BCUT2D eigenvalue weighted by Gasteiger charge is -2.16. The number of benzene rings is 1. The average Bonchev–Trinajstić information content (AvgIpc) is 2.40. The van der Waals surface area contributed by atoms with E-state index in [0.717, 1.165) is 6.07 Å². The fraction of sp³-hybridized carbons (Fsp3) is 0.231. The topological polar surface area (TPSA) is 51.8 Å². The maximum atomic E-state index is 13.3. The van der Waals surface area contributed by atoms with Crippen LogP contribution in [0.15, 0.2) is 29.4 Å². The van der Waals surface area contributed by atoms with Crippen LogP contribution in [0, 0.1) is 11.6 Å². The van der Waals surface area contributed by atoms with E-state index in [1.54, 1.807) is 6.20 Å². The second kappa shape index (κ2) is 7.89. The normalized spacial score (nSPS) is 11.9. The zero-order chi connectivity index (χ0) is 14.7. The molecule has 0 unspecified atom stereocenters. The molecule has 0 aliphatic heterocycles. The summed E-state index contributed by atoms with van der Waals surface area (Å²) in [4.78, 5) is 8.37. The van der Waals surface area contributed by atoms with Gasteiger partial charge >= 0.3 is 0 Å². The molecule has 0 aliphatic carbocycles. The van der Waals surface area contributed by atoms with Crippen LogP contribution in [-0.2, 0) is 0 Å². The highest BCUT2D eigenvalue weighted by Gasteiger charge is 2.20. The van der Waals surface area contributed by atoms with E-state index in [-0.39, 0.29) is 24.1 Å². The molecule has 0 saturated carbocycles. The molecular formula is C13H13Cl2F2N3S. The van der Waals surface area contributed by atoms with Crippen molar-refractivity contribution in [1.82, 2.24) is 9.97 Å². The van der Waals surface area contributed by atoms with Crippen molar-refractivity contribution in [2.75, 3.05) is 12.8 Å². The van der Waals surface area contributed by atoms with Crippen molar-refractivity contribution in [2.24, 2.45) is 5.73 Å². The Hall–Kier alpha value is -0.950. The second-order valence-electron chi connectivity index (χ2n) is 4.08. The summed E-state index contributed by atoms with van der Waals surface area (Å²) >= 11 is 7.48. The van der Waals surface area contributed by atoms with Gasteiger partial charge in [0.2, 0.25) is 0 Å². The van der Waals surface area contributed by atoms with Crippen molar-refractivity contribution in [3.05, 3.63) is 52.4 Å². The lowest BCUT2D eigenvalue weighted by Crippen LogP contribution is -2.16. The lowest BCUT2D eigenvalue weighted by molar-refractivity contribution is 0.576. The summed E-state index contributed by atoms with van der Waals surface area (Å²) in [6, 6.07) is 3.25. The van der Waals surface area contributed by atoms with Gasteiger partial charge in [0.15, 0.2) is 5.15 Å². The summed E-state index contributed by atoms with van der Waals surface area (Å²) in [7, 11) is 0. The van der Waals surface area contributed by atoms with Gasteiger partial charge in [0.05, 0.1) is 11.9 Å². The van der Waals surface area contributed by atoms with Crippen LogP contribution in [0.25, 0.3) is 0 Å². The highest BCUT2D eigenvalue weighted by Crippen LogP contribution is 2.29. The molecule has 1 aromatic carbocycles. The van der Waals surface area contributed by atoms with Gasteiger partial charge in [-0.15, -0.1) is 24.2 Å². The van der Waals surface area contributed by atoms with E-state index in [0.29, 0.717) is 16.3 Å². The molecule has 8 heteroatoms.